The highest BCUT2D eigenvalue weighted by Gasteiger charge is 2.31. The van der Waals surface area contributed by atoms with Crippen LogP contribution in [0.4, 0.5) is 11.4 Å². The molecule has 0 fully saturated rings. The maximum absolute atomic E-state index is 12.7. The minimum absolute atomic E-state index is 0. The van der Waals surface area contributed by atoms with Gasteiger partial charge in [0.25, 0.3) is 10.0 Å². The molecule has 1 aromatic heterocycles. The quantitative estimate of drug-likeness (QED) is 0.849. The lowest BCUT2D eigenvalue weighted by molar-refractivity contribution is 0.588. The van der Waals surface area contributed by atoms with Crippen molar-refractivity contribution in [1.29, 1.82) is 0 Å². The van der Waals surface area contributed by atoms with Crippen LogP contribution in [-0.2, 0) is 16.4 Å². The summed E-state index contributed by atoms with van der Waals surface area (Å²) in [5, 5.41) is 0.744. The number of rotatable bonds is 2. The molecule has 8 heteroatoms. The van der Waals surface area contributed by atoms with Crippen molar-refractivity contribution < 1.29 is 8.42 Å². The first-order chi connectivity index (χ1) is 9.50. The smallest absolute Gasteiger partial charge is 0.275 e. The van der Waals surface area contributed by atoms with Gasteiger partial charge in [-0.3, -0.25) is 4.31 Å². The summed E-state index contributed by atoms with van der Waals surface area (Å²) in [6.45, 7) is 2.28. The van der Waals surface area contributed by atoms with Crippen LogP contribution in [0.3, 0.4) is 0 Å². The van der Waals surface area contributed by atoms with Gasteiger partial charge in [0.15, 0.2) is 4.21 Å². The SMILES string of the molecule is Cc1ncc(S(=O)(=O)N2CCCc3c(N)cccc32)s1.Cl. The number of anilines is 2. The number of hydrogen-bond acceptors (Lipinski definition) is 5. The molecule has 3 rings (SSSR count). The first kappa shape index (κ1) is 16.1. The van der Waals surface area contributed by atoms with Crippen molar-refractivity contribution in [3.63, 3.8) is 0 Å². The van der Waals surface area contributed by atoms with Crippen LogP contribution < -0.4 is 10.0 Å². The molecule has 2 heterocycles. The Morgan fingerprint density at radius 1 is 1.38 bits per heavy atom. The van der Waals surface area contributed by atoms with E-state index in [-0.39, 0.29) is 16.6 Å². The summed E-state index contributed by atoms with van der Waals surface area (Å²) in [5.41, 5.74) is 8.23. The van der Waals surface area contributed by atoms with Crippen molar-refractivity contribution in [2.45, 2.75) is 24.0 Å². The number of benzene rings is 1. The number of nitrogens with zero attached hydrogens (tertiary/aromatic N) is 2. The van der Waals surface area contributed by atoms with Crippen LogP contribution in [0.1, 0.15) is 17.0 Å². The van der Waals surface area contributed by atoms with Gasteiger partial charge in [0.05, 0.1) is 16.9 Å². The van der Waals surface area contributed by atoms with E-state index in [1.165, 1.54) is 21.8 Å². The molecule has 1 aliphatic rings. The number of aryl methyl sites for hydroxylation is 1. The number of thiazole rings is 1. The van der Waals surface area contributed by atoms with Crippen LogP contribution in [0.5, 0.6) is 0 Å². The maximum atomic E-state index is 12.7. The third-order valence-corrected chi connectivity index (χ3v) is 6.55. The molecular formula is C13H16ClN3O2S2. The first-order valence-electron chi connectivity index (χ1n) is 6.32. The molecule has 114 valence electrons. The third-order valence-electron chi connectivity index (χ3n) is 3.39. The second-order valence-corrected chi connectivity index (χ2v) is 8.05. The van der Waals surface area contributed by atoms with Gasteiger partial charge in [-0.15, -0.1) is 23.7 Å². The van der Waals surface area contributed by atoms with E-state index in [2.05, 4.69) is 4.98 Å². The van der Waals surface area contributed by atoms with Crippen LogP contribution in [0.2, 0.25) is 0 Å². The minimum atomic E-state index is -3.54. The molecule has 0 spiro atoms. The van der Waals surface area contributed by atoms with Crippen molar-refractivity contribution in [3.05, 3.63) is 35.0 Å². The van der Waals surface area contributed by atoms with Gasteiger partial charge in [0.2, 0.25) is 0 Å². The first-order valence-corrected chi connectivity index (χ1v) is 8.58. The van der Waals surface area contributed by atoms with Gasteiger partial charge in [-0.1, -0.05) is 6.07 Å². The van der Waals surface area contributed by atoms with Crippen LogP contribution in [0.25, 0.3) is 0 Å². The molecule has 0 amide bonds. The predicted octanol–water partition coefficient (Wildman–Crippen LogP) is 2.60. The molecule has 5 nitrogen and oxygen atoms in total. The lowest BCUT2D eigenvalue weighted by Crippen LogP contribution is -2.35. The molecule has 0 aliphatic carbocycles. The molecule has 0 unspecified atom stereocenters. The Labute approximate surface area is 134 Å². The van der Waals surface area contributed by atoms with E-state index >= 15 is 0 Å². The Hall–Kier alpha value is -1.31. The van der Waals surface area contributed by atoms with E-state index in [9.17, 15) is 8.42 Å². The lowest BCUT2D eigenvalue weighted by atomic mass is 10.0. The van der Waals surface area contributed by atoms with Gasteiger partial charge >= 0.3 is 0 Å². The van der Waals surface area contributed by atoms with Crippen molar-refractivity contribution in [1.82, 2.24) is 4.98 Å². The number of nitrogen functional groups attached to an aromatic ring is 1. The monoisotopic (exact) mass is 345 g/mol. The largest absolute Gasteiger partial charge is 0.398 e. The van der Waals surface area contributed by atoms with Gasteiger partial charge in [-0.25, -0.2) is 13.4 Å². The summed E-state index contributed by atoms with van der Waals surface area (Å²) in [5.74, 6) is 0. The summed E-state index contributed by atoms with van der Waals surface area (Å²) >= 11 is 1.20. The molecular weight excluding hydrogens is 330 g/mol. The molecule has 2 aromatic rings. The van der Waals surface area contributed by atoms with Gasteiger partial charge in [-0.2, -0.15) is 0 Å². The van der Waals surface area contributed by atoms with E-state index in [1.54, 1.807) is 13.0 Å². The average molecular weight is 346 g/mol. The molecule has 0 atom stereocenters. The van der Waals surface area contributed by atoms with Crippen LogP contribution >= 0.6 is 23.7 Å². The van der Waals surface area contributed by atoms with Crippen LogP contribution in [0, 0.1) is 6.92 Å². The summed E-state index contributed by atoms with van der Waals surface area (Å²) in [6.07, 6.45) is 3.02. The van der Waals surface area contributed by atoms with Crippen LogP contribution in [-0.4, -0.2) is 19.9 Å². The number of sulfonamides is 1. The Morgan fingerprint density at radius 3 is 2.81 bits per heavy atom. The third kappa shape index (κ3) is 2.73. The number of aromatic nitrogens is 1. The number of halogens is 1. The molecule has 0 radical (unpaired) electrons. The van der Waals surface area contributed by atoms with Crippen molar-refractivity contribution in [3.8, 4) is 0 Å². The van der Waals surface area contributed by atoms with Gasteiger partial charge in [0.1, 0.15) is 0 Å². The van der Waals surface area contributed by atoms with Crippen LogP contribution in [0.15, 0.2) is 28.6 Å². The lowest BCUT2D eigenvalue weighted by Gasteiger charge is -2.30. The molecule has 21 heavy (non-hydrogen) atoms. The summed E-state index contributed by atoms with van der Waals surface area (Å²) in [6, 6.07) is 5.42. The zero-order chi connectivity index (χ0) is 14.3. The minimum Gasteiger partial charge on any atom is -0.398 e. The van der Waals surface area contributed by atoms with Crippen molar-refractivity contribution in [2.75, 3.05) is 16.6 Å². The second-order valence-electron chi connectivity index (χ2n) is 4.72. The summed E-state index contributed by atoms with van der Waals surface area (Å²) in [7, 11) is -3.54. The van der Waals surface area contributed by atoms with E-state index in [0.29, 0.717) is 17.9 Å². The molecule has 2 N–H and O–H groups in total. The Kier molecular flexibility index (Phi) is 4.46. The zero-order valence-electron chi connectivity index (χ0n) is 11.4. The van der Waals surface area contributed by atoms with Gasteiger partial charge in [0, 0.05) is 12.2 Å². The number of fused-ring (bicyclic) bond motifs is 1. The van der Waals surface area contributed by atoms with Gasteiger partial charge < -0.3 is 5.73 Å². The van der Waals surface area contributed by atoms with E-state index < -0.39 is 10.0 Å². The Morgan fingerprint density at radius 2 is 2.14 bits per heavy atom. The Balaban J connectivity index is 0.00000161. The summed E-state index contributed by atoms with van der Waals surface area (Å²) < 4.78 is 27.2. The topological polar surface area (TPSA) is 76.3 Å². The molecule has 0 saturated heterocycles. The number of hydrogen-bond donors (Lipinski definition) is 1. The fraction of sp³-hybridized carbons (Fsp3) is 0.308. The second kappa shape index (κ2) is 5.82. The predicted molar refractivity (Wildman–Crippen MR) is 87.8 cm³/mol. The fourth-order valence-corrected chi connectivity index (χ4v) is 5.19. The highest BCUT2D eigenvalue weighted by Crippen LogP contribution is 2.35. The molecule has 0 bridgehead atoms. The highest BCUT2D eigenvalue weighted by atomic mass is 35.5. The zero-order valence-corrected chi connectivity index (χ0v) is 13.9. The standard InChI is InChI=1S/C13H15N3O2S2.ClH/c1-9-15-8-13(19-9)20(17,18)16-7-3-4-10-11(14)5-2-6-12(10)16;/h2,5-6,8H,3-4,7,14H2,1H3;1H. The average Bonchev–Trinajstić information content (AvgIpc) is 2.86. The van der Waals surface area contributed by atoms with Crippen molar-refractivity contribution in [2.24, 2.45) is 0 Å². The van der Waals surface area contributed by atoms with E-state index in [0.717, 1.165) is 23.4 Å². The maximum Gasteiger partial charge on any atom is 0.275 e. The summed E-state index contributed by atoms with van der Waals surface area (Å²) in [4.78, 5) is 4.04. The molecule has 1 aromatic carbocycles. The molecule has 1 aliphatic heterocycles. The molecule has 0 saturated carbocycles. The normalized spacial score (nSPS) is 14.4. The fourth-order valence-electron chi connectivity index (χ4n) is 2.44. The highest BCUT2D eigenvalue weighted by molar-refractivity contribution is 7.94. The van der Waals surface area contributed by atoms with E-state index in [4.69, 9.17) is 5.73 Å². The number of nitrogens with two attached hydrogens (primary N) is 1. The Bertz CT molecular complexity index is 759. The van der Waals surface area contributed by atoms with Gasteiger partial charge in [-0.05, 0) is 37.5 Å². The van der Waals surface area contributed by atoms with Crippen molar-refractivity contribution >= 4 is 45.1 Å². The van der Waals surface area contributed by atoms with E-state index in [1.807, 2.05) is 12.1 Å².